The number of carbonyl (C=O) groups is 4. The molecule has 10 heteroatoms. The summed E-state index contributed by atoms with van der Waals surface area (Å²) in [5.41, 5.74) is 10.2. The number of nitrogens with one attached hydrogen (secondary N) is 4. The maximum absolute atomic E-state index is 14.2. The molecule has 0 unspecified atom stereocenters. The SMILES string of the molecule is CC[C@H](C)[C@H](NC(=O)OCc1ccccc1)C(=O)N[C@@]1(C(=O)N[C@H](C(N)=O)C(C)C)CCc2[nH]c3c(C)ccc(C)c3c2C1. The van der Waals surface area contributed by atoms with Gasteiger partial charge in [-0.2, -0.15) is 0 Å². The van der Waals surface area contributed by atoms with Crippen LogP contribution in [0.5, 0.6) is 0 Å². The van der Waals surface area contributed by atoms with Gasteiger partial charge in [-0.3, -0.25) is 14.4 Å². The van der Waals surface area contributed by atoms with E-state index in [2.05, 4.69) is 27.0 Å². The summed E-state index contributed by atoms with van der Waals surface area (Å²) in [6.07, 6.45) is 0.866. The van der Waals surface area contributed by atoms with Gasteiger partial charge in [-0.15, -0.1) is 0 Å². The van der Waals surface area contributed by atoms with Gasteiger partial charge in [0.2, 0.25) is 17.7 Å². The van der Waals surface area contributed by atoms with Crippen LogP contribution in [0.4, 0.5) is 4.79 Å². The molecule has 4 atom stereocenters. The first kappa shape index (κ1) is 32.6. The number of primary amides is 1. The lowest BCUT2D eigenvalue weighted by Crippen LogP contribution is -2.67. The molecule has 0 spiro atoms. The van der Waals surface area contributed by atoms with Crippen molar-refractivity contribution in [3.8, 4) is 0 Å². The molecule has 1 heterocycles. The van der Waals surface area contributed by atoms with Gasteiger partial charge in [0.05, 0.1) is 0 Å². The van der Waals surface area contributed by atoms with E-state index >= 15 is 0 Å². The number of nitrogens with two attached hydrogens (primary N) is 1. The van der Waals surface area contributed by atoms with E-state index in [1.54, 1.807) is 13.8 Å². The zero-order chi connectivity index (χ0) is 32.2. The van der Waals surface area contributed by atoms with E-state index in [1.807, 2.05) is 64.1 Å². The average molecular weight is 604 g/mol. The molecule has 236 valence electrons. The molecule has 0 bridgehead atoms. The third-order valence-electron chi connectivity index (χ3n) is 8.88. The number of aromatic nitrogens is 1. The van der Waals surface area contributed by atoms with Gasteiger partial charge in [0.25, 0.3) is 0 Å². The van der Waals surface area contributed by atoms with E-state index in [0.717, 1.165) is 38.9 Å². The number of H-pyrrole nitrogens is 1. The number of aryl methyl sites for hydroxylation is 3. The van der Waals surface area contributed by atoms with Crippen molar-refractivity contribution in [2.75, 3.05) is 0 Å². The van der Waals surface area contributed by atoms with Crippen molar-refractivity contribution in [1.82, 2.24) is 20.9 Å². The van der Waals surface area contributed by atoms with Crippen LogP contribution in [0.15, 0.2) is 42.5 Å². The minimum Gasteiger partial charge on any atom is -0.445 e. The van der Waals surface area contributed by atoms with E-state index < -0.39 is 41.4 Å². The minimum absolute atomic E-state index is 0.0552. The van der Waals surface area contributed by atoms with Crippen molar-refractivity contribution in [3.05, 3.63) is 70.4 Å². The first-order valence-electron chi connectivity index (χ1n) is 15.4. The summed E-state index contributed by atoms with van der Waals surface area (Å²) in [6.45, 7) is 11.5. The molecule has 10 nitrogen and oxygen atoms in total. The highest BCUT2D eigenvalue weighted by Gasteiger charge is 2.46. The van der Waals surface area contributed by atoms with E-state index in [-0.39, 0.29) is 31.3 Å². The molecule has 0 saturated carbocycles. The second kappa shape index (κ2) is 13.5. The summed E-state index contributed by atoms with van der Waals surface area (Å²) >= 11 is 0. The zero-order valence-electron chi connectivity index (χ0n) is 26.5. The number of rotatable bonds is 11. The molecule has 4 rings (SSSR count). The highest BCUT2D eigenvalue weighted by molar-refractivity contribution is 5.98. The van der Waals surface area contributed by atoms with Gasteiger partial charge in [-0.25, -0.2) is 4.79 Å². The van der Waals surface area contributed by atoms with Crippen LogP contribution >= 0.6 is 0 Å². The van der Waals surface area contributed by atoms with Crippen molar-refractivity contribution >= 4 is 34.7 Å². The zero-order valence-corrected chi connectivity index (χ0v) is 26.5. The van der Waals surface area contributed by atoms with Crippen LogP contribution in [-0.2, 0) is 38.6 Å². The summed E-state index contributed by atoms with van der Waals surface area (Å²) in [5, 5.41) is 9.66. The van der Waals surface area contributed by atoms with Gasteiger partial charge < -0.3 is 31.4 Å². The maximum atomic E-state index is 14.2. The fourth-order valence-electron chi connectivity index (χ4n) is 5.99. The molecule has 0 fully saturated rings. The van der Waals surface area contributed by atoms with Crippen molar-refractivity contribution in [1.29, 1.82) is 0 Å². The van der Waals surface area contributed by atoms with E-state index in [0.29, 0.717) is 12.8 Å². The monoisotopic (exact) mass is 603 g/mol. The van der Waals surface area contributed by atoms with Crippen LogP contribution in [0.25, 0.3) is 10.9 Å². The Morgan fingerprint density at radius 1 is 0.977 bits per heavy atom. The van der Waals surface area contributed by atoms with Gasteiger partial charge in [-0.1, -0.05) is 76.6 Å². The third kappa shape index (κ3) is 6.90. The predicted octanol–water partition coefficient (Wildman–Crippen LogP) is 4.10. The molecule has 4 amide bonds. The van der Waals surface area contributed by atoms with Crippen LogP contribution in [0.2, 0.25) is 0 Å². The maximum Gasteiger partial charge on any atom is 0.408 e. The number of ether oxygens (including phenoxy) is 1. The van der Waals surface area contributed by atoms with Gasteiger partial charge in [0.15, 0.2) is 0 Å². The minimum atomic E-state index is -1.39. The highest BCUT2D eigenvalue weighted by Crippen LogP contribution is 2.37. The first-order chi connectivity index (χ1) is 20.9. The van der Waals surface area contributed by atoms with Crippen LogP contribution in [-0.4, -0.2) is 46.4 Å². The fraction of sp³-hybridized carbons (Fsp3) is 0.471. The summed E-state index contributed by atoms with van der Waals surface area (Å²) in [5.74, 6) is -2.14. The highest BCUT2D eigenvalue weighted by atomic mass is 16.5. The Bertz CT molecular complexity index is 1530. The lowest BCUT2D eigenvalue weighted by molar-refractivity contribution is -0.137. The molecule has 6 N–H and O–H groups in total. The van der Waals surface area contributed by atoms with Crippen LogP contribution in [0, 0.1) is 25.7 Å². The number of amides is 4. The molecule has 1 aliphatic rings. The topological polar surface area (TPSA) is 155 Å². The number of fused-ring (bicyclic) bond motifs is 3. The fourth-order valence-corrected chi connectivity index (χ4v) is 5.99. The number of hydrogen-bond acceptors (Lipinski definition) is 5. The largest absolute Gasteiger partial charge is 0.445 e. The Morgan fingerprint density at radius 2 is 1.66 bits per heavy atom. The Kier molecular flexibility index (Phi) is 10.0. The molecule has 0 aliphatic heterocycles. The van der Waals surface area contributed by atoms with Gasteiger partial charge in [0, 0.05) is 23.0 Å². The lowest BCUT2D eigenvalue weighted by atomic mass is 9.77. The number of hydrogen-bond donors (Lipinski definition) is 5. The third-order valence-corrected chi connectivity index (χ3v) is 8.88. The molecule has 1 aliphatic carbocycles. The molecular formula is C34H45N5O5. The smallest absolute Gasteiger partial charge is 0.408 e. The summed E-state index contributed by atoms with van der Waals surface area (Å²) in [6, 6.07) is 11.5. The Hall–Kier alpha value is -4.34. The average Bonchev–Trinajstić information content (AvgIpc) is 3.39. The summed E-state index contributed by atoms with van der Waals surface area (Å²) in [4.78, 5) is 56.9. The van der Waals surface area contributed by atoms with E-state index in [1.165, 1.54) is 0 Å². The summed E-state index contributed by atoms with van der Waals surface area (Å²) < 4.78 is 5.42. The molecule has 0 saturated heterocycles. The van der Waals surface area contributed by atoms with Crippen molar-refractivity contribution in [2.24, 2.45) is 17.6 Å². The normalized spacial score (nSPS) is 18.2. The second-order valence-corrected chi connectivity index (χ2v) is 12.4. The number of alkyl carbamates (subject to hydrolysis) is 1. The Morgan fingerprint density at radius 3 is 2.30 bits per heavy atom. The first-order valence-corrected chi connectivity index (χ1v) is 15.4. The molecule has 1 aromatic heterocycles. The summed E-state index contributed by atoms with van der Waals surface area (Å²) in [7, 11) is 0. The van der Waals surface area contributed by atoms with Crippen molar-refractivity contribution in [3.63, 3.8) is 0 Å². The molecule has 2 aromatic carbocycles. The number of carbonyl (C=O) groups excluding carboxylic acids is 4. The molecule has 3 aromatic rings. The van der Waals surface area contributed by atoms with Crippen molar-refractivity contribution < 1.29 is 23.9 Å². The second-order valence-electron chi connectivity index (χ2n) is 12.4. The van der Waals surface area contributed by atoms with Gasteiger partial charge >= 0.3 is 6.09 Å². The quantitative estimate of drug-likeness (QED) is 0.223. The standard InChI is InChI=1S/C34H45N5O5/c1-7-20(4)29(38-33(43)44-18-23-11-9-8-10-12-23)31(41)39-34(32(42)37-27(19(2)3)30(35)40)16-15-25-24(17-34)26-21(5)13-14-22(6)28(26)36-25/h8-14,19-20,27,29,36H,7,15-18H2,1-6H3,(H2,35,40)(H,37,42)(H,38,43)(H,39,41)/t20-,27-,29-,34-/m0/s1. The van der Waals surface area contributed by atoms with Crippen LogP contribution in [0.1, 0.15) is 68.5 Å². The molecule has 44 heavy (non-hydrogen) atoms. The molecular weight excluding hydrogens is 558 g/mol. The van der Waals surface area contributed by atoms with Crippen LogP contribution < -0.4 is 21.7 Å². The van der Waals surface area contributed by atoms with E-state index in [9.17, 15) is 19.2 Å². The Labute approximate surface area is 258 Å². The van der Waals surface area contributed by atoms with Crippen molar-refractivity contribution in [2.45, 2.75) is 91.5 Å². The number of benzene rings is 2. The molecule has 0 radical (unpaired) electrons. The van der Waals surface area contributed by atoms with Crippen LogP contribution in [0.3, 0.4) is 0 Å². The number of aromatic amines is 1. The van der Waals surface area contributed by atoms with Gasteiger partial charge in [0.1, 0.15) is 24.2 Å². The predicted molar refractivity (Wildman–Crippen MR) is 170 cm³/mol. The lowest BCUT2D eigenvalue weighted by Gasteiger charge is -2.39. The Balaban J connectivity index is 1.66. The van der Waals surface area contributed by atoms with E-state index in [4.69, 9.17) is 10.5 Å². The van der Waals surface area contributed by atoms with Gasteiger partial charge in [-0.05, 0) is 60.8 Å².